The van der Waals surface area contributed by atoms with Gasteiger partial charge >= 0.3 is 0 Å². The van der Waals surface area contributed by atoms with Gasteiger partial charge in [-0.15, -0.1) is 0 Å². The average Bonchev–Trinajstić information content (AvgIpc) is 3.33. The van der Waals surface area contributed by atoms with Crippen molar-refractivity contribution in [2.24, 2.45) is 0 Å². The Hall–Kier alpha value is -2.60. The zero-order chi connectivity index (χ0) is 18.4. The van der Waals surface area contributed by atoms with Gasteiger partial charge in [-0.3, -0.25) is 9.59 Å². The van der Waals surface area contributed by atoms with E-state index in [1.165, 1.54) is 6.42 Å². The molecule has 27 heavy (non-hydrogen) atoms. The van der Waals surface area contributed by atoms with E-state index < -0.39 is 0 Å². The maximum Gasteiger partial charge on any atom is 0.289 e. The molecule has 1 aromatic carbocycles. The molecule has 3 aliphatic heterocycles. The van der Waals surface area contributed by atoms with Crippen molar-refractivity contribution in [3.05, 3.63) is 53.5 Å². The molecular formula is C21H23N3O3. The summed E-state index contributed by atoms with van der Waals surface area (Å²) in [7, 11) is 0. The van der Waals surface area contributed by atoms with Crippen LogP contribution >= 0.6 is 0 Å². The lowest BCUT2D eigenvalue weighted by atomic mass is 10.1. The van der Waals surface area contributed by atoms with Gasteiger partial charge in [0.1, 0.15) is 0 Å². The van der Waals surface area contributed by atoms with Gasteiger partial charge in [0, 0.05) is 36.4 Å². The molecule has 140 valence electrons. The first-order valence-corrected chi connectivity index (χ1v) is 9.69. The Morgan fingerprint density at radius 2 is 2.00 bits per heavy atom. The topological polar surface area (TPSA) is 65.8 Å². The monoisotopic (exact) mass is 365 g/mol. The van der Waals surface area contributed by atoms with Crippen molar-refractivity contribution >= 4 is 17.5 Å². The number of para-hydroxylation sites is 1. The fourth-order valence-electron chi connectivity index (χ4n) is 4.58. The summed E-state index contributed by atoms with van der Waals surface area (Å²) in [6.07, 6.45) is 5.28. The SMILES string of the molecule is O=C(c1occc1CN1C(=O)Cc2ccccc21)N1CCC2CCC(C1)N2. The molecule has 2 atom stereocenters. The van der Waals surface area contributed by atoms with E-state index in [2.05, 4.69) is 5.32 Å². The Kier molecular flexibility index (Phi) is 4.01. The molecule has 2 amide bonds. The minimum absolute atomic E-state index is 0.0621. The van der Waals surface area contributed by atoms with Crippen LogP contribution in [0.4, 0.5) is 5.69 Å². The molecule has 1 aromatic heterocycles. The minimum atomic E-state index is -0.0655. The van der Waals surface area contributed by atoms with Gasteiger partial charge in [-0.05, 0) is 37.0 Å². The van der Waals surface area contributed by atoms with Crippen LogP contribution in [0.5, 0.6) is 0 Å². The number of likely N-dealkylation sites (tertiary alicyclic amines) is 1. The van der Waals surface area contributed by atoms with Crippen LogP contribution in [0.3, 0.4) is 0 Å². The molecule has 2 fully saturated rings. The summed E-state index contributed by atoms with van der Waals surface area (Å²) in [5, 5.41) is 3.60. The van der Waals surface area contributed by atoms with Crippen LogP contribution in [0.25, 0.3) is 0 Å². The standard InChI is InChI=1S/C21H23N3O3/c25-19-11-14-3-1-2-4-18(14)24(19)12-15-8-10-27-20(15)21(26)23-9-7-16-5-6-17(13-23)22-16/h1-4,8,10,16-17,22H,5-7,9,11-13H2. The van der Waals surface area contributed by atoms with E-state index in [-0.39, 0.29) is 11.8 Å². The molecule has 2 saturated heterocycles. The summed E-state index contributed by atoms with van der Waals surface area (Å²) in [5.74, 6) is 0.362. The van der Waals surface area contributed by atoms with Gasteiger partial charge in [-0.25, -0.2) is 0 Å². The summed E-state index contributed by atoms with van der Waals surface area (Å²) in [4.78, 5) is 29.2. The first kappa shape index (κ1) is 16.6. The molecule has 4 heterocycles. The molecule has 0 aliphatic carbocycles. The Morgan fingerprint density at radius 3 is 2.93 bits per heavy atom. The molecule has 6 heteroatoms. The van der Waals surface area contributed by atoms with Gasteiger partial charge in [-0.2, -0.15) is 0 Å². The van der Waals surface area contributed by atoms with Gasteiger partial charge in [0.15, 0.2) is 5.76 Å². The number of rotatable bonds is 3. The number of amides is 2. The lowest BCUT2D eigenvalue weighted by Gasteiger charge is -2.24. The number of fused-ring (bicyclic) bond motifs is 3. The third kappa shape index (κ3) is 2.94. The first-order chi connectivity index (χ1) is 13.2. The molecule has 5 rings (SSSR count). The van der Waals surface area contributed by atoms with Crippen molar-refractivity contribution in [2.75, 3.05) is 18.0 Å². The first-order valence-electron chi connectivity index (χ1n) is 9.69. The fraction of sp³-hybridized carbons (Fsp3) is 0.429. The van der Waals surface area contributed by atoms with Gasteiger partial charge in [-0.1, -0.05) is 18.2 Å². The molecule has 3 aliphatic rings. The number of hydrogen-bond acceptors (Lipinski definition) is 4. The highest BCUT2D eigenvalue weighted by molar-refractivity contribution is 6.01. The highest BCUT2D eigenvalue weighted by atomic mass is 16.3. The van der Waals surface area contributed by atoms with Crippen LogP contribution in [0.1, 0.15) is 40.9 Å². The minimum Gasteiger partial charge on any atom is -0.459 e. The van der Waals surface area contributed by atoms with Gasteiger partial charge in [0.2, 0.25) is 5.91 Å². The van der Waals surface area contributed by atoms with Crippen molar-refractivity contribution in [3.63, 3.8) is 0 Å². The van der Waals surface area contributed by atoms with Crippen molar-refractivity contribution in [3.8, 4) is 0 Å². The number of hydrogen-bond donors (Lipinski definition) is 1. The lowest BCUT2D eigenvalue weighted by molar-refractivity contribution is -0.117. The summed E-state index contributed by atoms with van der Waals surface area (Å²) in [5.41, 5.74) is 2.74. The van der Waals surface area contributed by atoms with Crippen LogP contribution in [-0.2, 0) is 17.8 Å². The van der Waals surface area contributed by atoms with E-state index in [1.807, 2.05) is 35.2 Å². The maximum atomic E-state index is 13.1. The number of nitrogens with one attached hydrogen (secondary N) is 1. The van der Waals surface area contributed by atoms with Gasteiger partial charge < -0.3 is 19.5 Å². The normalized spacial score (nSPS) is 24.2. The second kappa shape index (κ2) is 6.53. The summed E-state index contributed by atoms with van der Waals surface area (Å²) in [6.45, 7) is 1.84. The molecule has 2 unspecified atom stereocenters. The Balaban J connectivity index is 1.37. The van der Waals surface area contributed by atoms with E-state index in [1.54, 1.807) is 11.2 Å². The number of benzene rings is 1. The van der Waals surface area contributed by atoms with Crippen LogP contribution in [0.2, 0.25) is 0 Å². The number of carbonyl (C=O) groups is 2. The number of nitrogens with zero attached hydrogens (tertiary/aromatic N) is 2. The smallest absolute Gasteiger partial charge is 0.289 e. The second-order valence-electron chi connectivity index (χ2n) is 7.74. The molecule has 0 saturated carbocycles. The summed E-state index contributed by atoms with van der Waals surface area (Å²) < 4.78 is 5.58. The van der Waals surface area contributed by atoms with E-state index in [9.17, 15) is 9.59 Å². The lowest BCUT2D eigenvalue weighted by Crippen LogP contribution is -2.39. The predicted octanol–water partition coefficient (Wildman–Crippen LogP) is 2.34. The number of anilines is 1. The quantitative estimate of drug-likeness (QED) is 0.907. The van der Waals surface area contributed by atoms with Crippen LogP contribution < -0.4 is 10.2 Å². The van der Waals surface area contributed by atoms with Gasteiger partial charge in [0.25, 0.3) is 5.91 Å². The molecule has 1 N–H and O–H groups in total. The number of furan rings is 1. The highest BCUT2D eigenvalue weighted by Gasteiger charge is 2.34. The molecule has 0 radical (unpaired) electrons. The highest BCUT2D eigenvalue weighted by Crippen LogP contribution is 2.31. The number of carbonyl (C=O) groups excluding carboxylic acids is 2. The van der Waals surface area contributed by atoms with Crippen molar-refractivity contribution in [2.45, 2.75) is 44.3 Å². The van der Waals surface area contributed by atoms with E-state index in [4.69, 9.17) is 4.42 Å². The Morgan fingerprint density at radius 1 is 1.15 bits per heavy atom. The van der Waals surface area contributed by atoms with Crippen molar-refractivity contribution in [1.29, 1.82) is 0 Å². The van der Waals surface area contributed by atoms with Gasteiger partial charge in [0.05, 0.1) is 19.2 Å². The Bertz CT molecular complexity index is 890. The molecule has 6 nitrogen and oxygen atoms in total. The largest absolute Gasteiger partial charge is 0.459 e. The summed E-state index contributed by atoms with van der Waals surface area (Å²) in [6, 6.07) is 10.5. The maximum absolute atomic E-state index is 13.1. The Labute approximate surface area is 158 Å². The van der Waals surface area contributed by atoms with E-state index >= 15 is 0 Å². The van der Waals surface area contributed by atoms with Crippen LogP contribution in [0.15, 0.2) is 41.0 Å². The third-order valence-electron chi connectivity index (χ3n) is 6.01. The molecular weight excluding hydrogens is 342 g/mol. The predicted molar refractivity (Wildman–Crippen MR) is 101 cm³/mol. The zero-order valence-electron chi connectivity index (χ0n) is 15.2. The van der Waals surface area contributed by atoms with E-state index in [0.29, 0.717) is 30.8 Å². The fourth-order valence-corrected chi connectivity index (χ4v) is 4.58. The molecule has 2 bridgehead atoms. The third-order valence-corrected chi connectivity index (χ3v) is 6.01. The zero-order valence-corrected chi connectivity index (χ0v) is 15.2. The molecule has 2 aromatic rings. The summed E-state index contributed by atoms with van der Waals surface area (Å²) >= 11 is 0. The second-order valence-corrected chi connectivity index (χ2v) is 7.74. The van der Waals surface area contributed by atoms with Crippen LogP contribution in [0, 0.1) is 0 Å². The van der Waals surface area contributed by atoms with Crippen molar-refractivity contribution < 1.29 is 14.0 Å². The van der Waals surface area contributed by atoms with Crippen LogP contribution in [-0.4, -0.2) is 41.9 Å². The average molecular weight is 365 g/mol. The van der Waals surface area contributed by atoms with E-state index in [0.717, 1.165) is 42.7 Å². The molecule has 0 spiro atoms. The van der Waals surface area contributed by atoms with Crippen molar-refractivity contribution in [1.82, 2.24) is 10.2 Å².